The van der Waals surface area contributed by atoms with E-state index in [0.29, 0.717) is 43.4 Å². The van der Waals surface area contributed by atoms with Gasteiger partial charge in [0.25, 0.3) is 0 Å². The van der Waals surface area contributed by atoms with Crippen molar-refractivity contribution in [2.24, 2.45) is 41.4 Å². The van der Waals surface area contributed by atoms with Gasteiger partial charge in [0.1, 0.15) is 17.5 Å². The van der Waals surface area contributed by atoms with Gasteiger partial charge in [0.15, 0.2) is 11.9 Å². The molecule has 3 fully saturated rings. The molecular weight excluding hydrogens is 444 g/mol. The molecule has 2 saturated heterocycles. The third-order valence-corrected chi connectivity index (χ3v) is 9.33. The maximum absolute atomic E-state index is 13.4. The molecule has 196 valence electrons. The summed E-state index contributed by atoms with van der Waals surface area (Å²) in [5, 5.41) is 0. The lowest BCUT2D eigenvalue weighted by molar-refractivity contribution is -0.165. The highest BCUT2D eigenvalue weighted by Crippen LogP contribution is 2.61. The van der Waals surface area contributed by atoms with E-state index in [4.69, 9.17) is 14.2 Å². The highest BCUT2D eigenvalue weighted by molar-refractivity contribution is 5.99. The van der Waals surface area contributed by atoms with Crippen molar-refractivity contribution in [1.29, 1.82) is 0 Å². The van der Waals surface area contributed by atoms with E-state index in [9.17, 15) is 14.4 Å². The van der Waals surface area contributed by atoms with Crippen molar-refractivity contribution in [1.82, 2.24) is 0 Å². The van der Waals surface area contributed by atoms with Gasteiger partial charge in [0, 0.05) is 31.8 Å². The highest BCUT2D eigenvalue weighted by atomic mass is 16.6. The predicted octanol–water partition coefficient (Wildman–Crippen LogP) is 4.93. The van der Waals surface area contributed by atoms with Crippen LogP contribution in [0.2, 0.25) is 0 Å². The molecule has 0 amide bonds. The molecule has 4 rings (SSSR count). The Bertz CT molecular complexity index is 866. The van der Waals surface area contributed by atoms with E-state index >= 15 is 0 Å². The number of ether oxygens (including phenoxy) is 3. The molecule has 4 aliphatic rings. The van der Waals surface area contributed by atoms with E-state index < -0.39 is 17.6 Å². The van der Waals surface area contributed by atoms with Gasteiger partial charge < -0.3 is 14.2 Å². The van der Waals surface area contributed by atoms with Crippen LogP contribution in [0.5, 0.6) is 0 Å². The number of carbonyl (C=O) groups is 3. The van der Waals surface area contributed by atoms with Gasteiger partial charge in [-0.2, -0.15) is 0 Å². The number of hydrogen-bond donors (Lipinski definition) is 0. The number of epoxide rings is 1. The van der Waals surface area contributed by atoms with Crippen LogP contribution in [0.25, 0.3) is 0 Å². The number of ketones is 2. The number of methoxy groups -OCH3 is 1. The Hall–Kier alpha value is -1.53. The van der Waals surface area contributed by atoms with E-state index in [2.05, 4.69) is 34.6 Å². The number of carbonyl (C=O) groups excluding carboxylic acids is 3. The molecule has 35 heavy (non-hydrogen) atoms. The zero-order valence-corrected chi connectivity index (χ0v) is 22.5. The second-order valence-corrected chi connectivity index (χ2v) is 12.5. The maximum Gasteiger partial charge on any atom is 0.309 e. The average Bonchev–Trinajstić information content (AvgIpc) is 3.52. The summed E-state index contributed by atoms with van der Waals surface area (Å²) in [5.74, 6) is 0.943. The number of hydrogen-bond acceptors (Lipinski definition) is 6. The summed E-state index contributed by atoms with van der Waals surface area (Å²) in [7, 11) is 1.73. The topological polar surface area (TPSA) is 82.2 Å². The summed E-state index contributed by atoms with van der Waals surface area (Å²) in [6.45, 7) is 12.8. The third kappa shape index (κ3) is 5.02. The Balaban J connectivity index is 1.54. The molecule has 6 nitrogen and oxygen atoms in total. The van der Waals surface area contributed by atoms with Crippen LogP contribution in [0.3, 0.4) is 0 Å². The molecule has 2 bridgehead atoms. The molecule has 2 heterocycles. The lowest BCUT2D eigenvalue weighted by atomic mass is 9.61. The summed E-state index contributed by atoms with van der Waals surface area (Å²) in [5.41, 5.74) is 0.492. The first-order chi connectivity index (χ1) is 16.5. The van der Waals surface area contributed by atoms with Crippen molar-refractivity contribution in [2.45, 2.75) is 104 Å². The van der Waals surface area contributed by atoms with Gasteiger partial charge in [-0.25, -0.2) is 0 Å². The van der Waals surface area contributed by atoms with Crippen LogP contribution in [-0.2, 0) is 28.6 Å². The second kappa shape index (κ2) is 10.1. The fraction of sp³-hybridized carbons (Fsp3) is 0.828. The normalized spacial score (nSPS) is 39.1. The predicted molar refractivity (Wildman–Crippen MR) is 133 cm³/mol. The molecule has 0 aromatic heterocycles. The minimum absolute atomic E-state index is 0.000115. The van der Waals surface area contributed by atoms with E-state index in [-0.39, 0.29) is 53.9 Å². The molecule has 0 N–H and O–H groups in total. The lowest BCUT2D eigenvalue weighted by Gasteiger charge is -2.46. The standard InChI is InChI=1S/C29H44O6/c1-15(2)22(16(3)4)12-20(30)11-19-8-17(5)9-26(33-7)24-14-21(34-28(19)32)13-23-18(6)10-25(31)27-29(23,24)35-27/h10,15-17,19,21-24,26-27H,8-9,11-14H2,1-7H3/t17-,19?,21-,23?,24?,26?,27-,29-/m1/s1. The van der Waals surface area contributed by atoms with Crippen LogP contribution in [0.4, 0.5) is 0 Å². The van der Waals surface area contributed by atoms with Gasteiger partial charge in [-0.3, -0.25) is 14.4 Å². The van der Waals surface area contributed by atoms with Crippen molar-refractivity contribution >= 4 is 17.5 Å². The van der Waals surface area contributed by atoms with Crippen LogP contribution in [0, 0.1) is 41.4 Å². The molecule has 1 saturated carbocycles. The molecule has 2 aliphatic carbocycles. The Kier molecular flexibility index (Phi) is 7.64. The van der Waals surface area contributed by atoms with Crippen molar-refractivity contribution in [3.8, 4) is 0 Å². The number of Topliss-reactive ketones (excluding diaryl/α,β-unsaturated/α-hetero) is 1. The Labute approximate surface area is 210 Å². The minimum atomic E-state index is -0.517. The summed E-state index contributed by atoms with van der Waals surface area (Å²) < 4.78 is 18.3. The number of rotatable bonds is 7. The first-order valence-electron chi connectivity index (χ1n) is 13.6. The fourth-order valence-electron chi connectivity index (χ4n) is 7.54. The second-order valence-electron chi connectivity index (χ2n) is 12.5. The largest absolute Gasteiger partial charge is 0.462 e. The van der Waals surface area contributed by atoms with Gasteiger partial charge in [-0.05, 0) is 62.4 Å². The van der Waals surface area contributed by atoms with E-state index in [1.54, 1.807) is 13.2 Å². The molecule has 6 heteroatoms. The van der Waals surface area contributed by atoms with Crippen LogP contribution < -0.4 is 0 Å². The van der Waals surface area contributed by atoms with Crippen molar-refractivity contribution in [3.63, 3.8) is 0 Å². The first-order valence-corrected chi connectivity index (χ1v) is 13.6. The van der Waals surface area contributed by atoms with Gasteiger partial charge in [-0.15, -0.1) is 0 Å². The summed E-state index contributed by atoms with van der Waals surface area (Å²) in [4.78, 5) is 39.1. The van der Waals surface area contributed by atoms with E-state index in [0.717, 1.165) is 12.0 Å². The van der Waals surface area contributed by atoms with E-state index in [1.807, 2.05) is 6.92 Å². The monoisotopic (exact) mass is 488 g/mol. The van der Waals surface area contributed by atoms with Gasteiger partial charge >= 0.3 is 5.97 Å². The van der Waals surface area contributed by atoms with Crippen LogP contribution in [-0.4, -0.2) is 48.6 Å². The van der Waals surface area contributed by atoms with Gasteiger partial charge in [0.05, 0.1) is 12.0 Å². The molecule has 0 aromatic carbocycles. The smallest absolute Gasteiger partial charge is 0.309 e. The summed E-state index contributed by atoms with van der Waals surface area (Å²) >= 11 is 0. The zero-order chi connectivity index (χ0) is 25.7. The first kappa shape index (κ1) is 26.5. The van der Waals surface area contributed by atoms with Crippen LogP contribution >= 0.6 is 0 Å². The zero-order valence-electron chi connectivity index (χ0n) is 22.5. The molecular formula is C29H44O6. The maximum atomic E-state index is 13.4. The molecule has 2 aliphatic heterocycles. The quantitative estimate of drug-likeness (QED) is 0.373. The molecule has 1 spiro atoms. The summed E-state index contributed by atoms with van der Waals surface area (Å²) in [6.07, 6.45) is 4.40. The highest BCUT2D eigenvalue weighted by Gasteiger charge is 2.73. The van der Waals surface area contributed by atoms with Crippen molar-refractivity contribution < 1.29 is 28.6 Å². The fourth-order valence-corrected chi connectivity index (χ4v) is 7.54. The molecule has 0 radical (unpaired) electrons. The molecule has 8 atom stereocenters. The van der Waals surface area contributed by atoms with Crippen molar-refractivity contribution in [3.05, 3.63) is 11.6 Å². The lowest BCUT2D eigenvalue weighted by Crippen LogP contribution is -2.53. The number of fused-ring (bicyclic) bond motifs is 2. The minimum Gasteiger partial charge on any atom is -0.462 e. The van der Waals surface area contributed by atoms with Gasteiger partial charge in [0.2, 0.25) is 0 Å². The number of esters is 1. The average molecular weight is 489 g/mol. The Morgan fingerprint density at radius 2 is 1.80 bits per heavy atom. The van der Waals surface area contributed by atoms with Crippen LogP contribution in [0.1, 0.15) is 80.1 Å². The molecule has 0 aromatic rings. The van der Waals surface area contributed by atoms with Crippen LogP contribution in [0.15, 0.2) is 11.6 Å². The third-order valence-electron chi connectivity index (χ3n) is 9.33. The Morgan fingerprint density at radius 1 is 1.11 bits per heavy atom. The van der Waals surface area contributed by atoms with Gasteiger partial charge in [-0.1, -0.05) is 40.2 Å². The molecule has 4 unspecified atom stereocenters. The SMILES string of the molecule is COC1C[C@H](C)CC(CC(=O)CC(C(C)C)C(C)C)C(=O)O[C@@H]2CC3C(C)=CC(=O)[C@H]4O[C@@]34C1C2. The van der Waals surface area contributed by atoms with E-state index in [1.165, 1.54) is 0 Å². The summed E-state index contributed by atoms with van der Waals surface area (Å²) in [6, 6.07) is 0. The Morgan fingerprint density at radius 3 is 2.43 bits per heavy atom. The van der Waals surface area contributed by atoms with Crippen molar-refractivity contribution in [2.75, 3.05) is 7.11 Å².